The van der Waals surface area contributed by atoms with Gasteiger partial charge in [-0.15, -0.1) is 0 Å². The number of carbonyl (C=O) groups is 1. The lowest BCUT2D eigenvalue weighted by Gasteiger charge is -2.26. The van der Waals surface area contributed by atoms with E-state index in [-0.39, 0.29) is 11.9 Å². The molecule has 2 aromatic rings. The Bertz CT molecular complexity index is 814. The number of benzene rings is 1. The predicted molar refractivity (Wildman–Crippen MR) is 107 cm³/mol. The van der Waals surface area contributed by atoms with E-state index in [1.165, 1.54) is 6.26 Å². The number of carbonyl (C=O) groups excluding carboxylic acids is 1. The van der Waals surface area contributed by atoms with Crippen LogP contribution in [-0.4, -0.2) is 67.3 Å². The maximum absolute atomic E-state index is 12.6. The number of morpholine rings is 1. The van der Waals surface area contributed by atoms with E-state index in [4.69, 9.17) is 18.6 Å². The number of rotatable bonds is 8. The molecule has 0 saturated carbocycles. The zero-order valence-corrected chi connectivity index (χ0v) is 17.5. The third kappa shape index (κ3) is 5.27. The third-order valence-electron chi connectivity index (χ3n) is 5.01. The van der Waals surface area contributed by atoms with Crippen LogP contribution in [0.25, 0.3) is 0 Å². The highest BCUT2D eigenvalue weighted by atomic mass is 16.5. The molecule has 1 aliphatic rings. The molecular formula is C21H29N3O5. The van der Waals surface area contributed by atoms with Gasteiger partial charge in [0.25, 0.3) is 5.91 Å². The maximum atomic E-state index is 12.6. The van der Waals surface area contributed by atoms with Crippen molar-refractivity contribution in [3.63, 3.8) is 0 Å². The second-order valence-electron chi connectivity index (χ2n) is 7.21. The minimum Gasteiger partial charge on any atom is -0.497 e. The van der Waals surface area contributed by atoms with Crippen LogP contribution in [0.15, 0.2) is 28.9 Å². The van der Waals surface area contributed by atoms with Crippen LogP contribution in [0.1, 0.15) is 35.8 Å². The largest absolute Gasteiger partial charge is 0.497 e. The third-order valence-corrected chi connectivity index (χ3v) is 5.01. The summed E-state index contributed by atoms with van der Waals surface area (Å²) >= 11 is 0. The van der Waals surface area contributed by atoms with Gasteiger partial charge in [0.1, 0.15) is 17.8 Å². The van der Waals surface area contributed by atoms with E-state index in [1.807, 2.05) is 18.2 Å². The molecule has 0 radical (unpaired) electrons. The van der Waals surface area contributed by atoms with E-state index in [1.54, 1.807) is 19.1 Å². The fourth-order valence-electron chi connectivity index (χ4n) is 3.21. The molecule has 3 rings (SSSR count). The van der Waals surface area contributed by atoms with Gasteiger partial charge in [0.05, 0.1) is 34.0 Å². The molecule has 0 spiro atoms. The highest BCUT2D eigenvalue weighted by Gasteiger charge is 2.23. The fraction of sp³-hybridized carbons (Fsp3) is 0.524. The number of nitrogens with zero attached hydrogens (tertiary/aromatic N) is 3. The van der Waals surface area contributed by atoms with Crippen molar-refractivity contribution in [2.75, 3.05) is 40.5 Å². The standard InChI is InChI=1S/C21H29N3O5/c1-15(2)24(12-16-5-6-17(26-3)11-19(16)27-4)13-20-22-18(14-29-20)21(25)23-7-9-28-10-8-23/h5-6,11,14-15H,7-10,12-13H2,1-4H3. The van der Waals surface area contributed by atoms with Gasteiger partial charge in [-0.2, -0.15) is 0 Å². The molecule has 1 amide bonds. The van der Waals surface area contributed by atoms with Crippen LogP contribution in [0.5, 0.6) is 11.5 Å². The second-order valence-corrected chi connectivity index (χ2v) is 7.21. The van der Waals surface area contributed by atoms with Crippen LogP contribution in [0, 0.1) is 0 Å². The molecule has 1 aromatic heterocycles. The number of hydrogen-bond acceptors (Lipinski definition) is 7. The van der Waals surface area contributed by atoms with E-state index in [9.17, 15) is 4.79 Å². The molecule has 0 aliphatic carbocycles. The molecule has 8 nitrogen and oxygen atoms in total. The summed E-state index contributed by atoms with van der Waals surface area (Å²) in [5.74, 6) is 1.92. The molecule has 29 heavy (non-hydrogen) atoms. The van der Waals surface area contributed by atoms with E-state index >= 15 is 0 Å². The van der Waals surface area contributed by atoms with Gasteiger partial charge in [-0.1, -0.05) is 6.07 Å². The number of hydrogen-bond donors (Lipinski definition) is 0. The minimum absolute atomic E-state index is 0.115. The Balaban J connectivity index is 1.70. The van der Waals surface area contributed by atoms with E-state index in [0.717, 1.165) is 17.1 Å². The summed E-state index contributed by atoms with van der Waals surface area (Å²) in [6.07, 6.45) is 1.44. The van der Waals surface area contributed by atoms with Crippen LogP contribution in [0.4, 0.5) is 0 Å². The van der Waals surface area contributed by atoms with Gasteiger partial charge in [-0.3, -0.25) is 9.69 Å². The van der Waals surface area contributed by atoms with E-state index in [0.29, 0.717) is 51.0 Å². The zero-order valence-electron chi connectivity index (χ0n) is 17.5. The second kappa shape index (κ2) is 9.76. The summed E-state index contributed by atoms with van der Waals surface area (Å²) < 4.78 is 21.7. The van der Waals surface area contributed by atoms with Gasteiger partial charge in [-0.25, -0.2) is 4.98 Å². The summed E-state index contributed by atoms with van der Waals surface area (Å²) in [4.78, 5) is 21.0. The van der Waals surface area contributed by atoms with Crippen LogP contribution >= 0.6 is 0 Å². The van der Waals surface area contributed by atoms with Gasteiger partial charge < -0.3 is 23.5 Å². The first-order valence-electron chi connectivity index (χ1n) is 9.78. The smallest absolute Gasteiger partial charge is 0.275 e. The van der Waals surface area contributed by atoms with Crippen LogP contribution < -0.4 is 9.47 Å². The SMILES string of the molecule is COc1ccc(CN(Cc2nc(C(=O)N3CCOCC3)co2)C(C)C)c(OC)c1. The Hall–Kier alpha value is -2.58. The number of methoxy groups -OCH3 is 2. The van der Waals surface area contributed by atoms with Crippen molar-refractivity contribution in [3.05, 3.63) is 41.6 Å². The quantitative estimate of drug-likeness (QED) is 0.670. The molecule has 1 fully saturated rings. The van der Waals surface area contributed by atoms with Gasteiger partial charge in [0.15, 0.2) is 5.69 Å². The van der Waals surface area contributed by atoms with Crippen molar-refractivity contribution in [1.29, 1.82) is 0 Å². The lowest BCUT2D eigenvalue weighted by molar-refractivity contribution is 0.0299. The van der Waals surface area contributed by atoms with Crippen molar-refractivity contribution in [3.8, 4) is 11.5 Å². The molecule has 2 heterocycles. The molecule has 8 heteroatoms. The van der Waals surface area contributed by atoms with Crippen molar-refractivity contribution >= 4 is 5.91 Å². The van der Waals surface area contributed by atoms with Gasteiger partial charge >= 0.3 is 0 Å². The van der Waals surface area contributed by atoms with Crippen molar-refractivity contribution in [1.82, 2.24) is 14.8 Å². The number of aromatic nitrogens is 1. The van der Waals surface area contributed by atoms with Crippen LogP contribution in [0.2, 0.25) is 0 Å². The molecule has 1 saturated heterocycles. The number of amides is 1. The monoisotopic (exact) mass is 403 g/mol. The van der Waals surface area contributed by atoms with Crippen molar-refractivity contribution in [2.24, 2.45) is 0 Å². The molecule has 0 N–H and O–H groups in total. The first-order valence-corrected chi connectivity index (χ1v) is 9.78. The summed E-state index contributed by atoms with van der Waals surface area (Å²) in [6.45, 7) is 7.63. The molecule has 158 valence electrons. The minimum atomic E-state index is -0.115. The van der Waals surface area contributed by atoms with Gasteiger partial charge in [-0.05, 0) is 19.9 Å². The van der Waals surface area contributed by atoms with Crippen molar-refractivity contribution < 1.29 is 23.4 Å². The lowest BCUT2D eigenvalue weighted by Crippen LogP contribution is -2.40. The average Bonchev–Trinajstić information content (AvgIpc) is 3.22. The molecule has 1 aliphatic heterocycles. The zero-order chi connectivity index (χ0) is 20.8. The Morgan fingerprint density at radius 2 is 1.97 bits per heavy atom. The molecule has 1 aromatic carbocycles. The Morgan fingerprint density at radius 1 is 1.21 bits per heavy atom. The fourth-order valence-corrected chi connectivity index (χ4v) is 3.21. The molecule has 0 bridgehead atoms. The van der Waals surface area contributed by atoms with E-state index in [2.05, 4.69) is 23.7 Å². The normalized spacial score (nSPS) is 14.5. The van der Waals surface area contributed by atoms with Crippen LogP contribution in [0.3, 0.4) is 0 Å². The number of oxazole rings is 1. The Labute approximate surface area is 171 Å². The number of ether oxygens (including phenoxy) is 3. The Morgan fingerprint density at radius 3 is 2.62 bits per heavy atom. The highest BCUT2D eigenvalue weighted by Crippen LogP contribution is 2.27. The molecule has 0 atom stereocenters. The van der Waals surface area contributed by atoms with Crippen LogP contribution in [-0.2, 0) is 17.8 Å². The van der Waals surface area contributed by atoms with Crippen molar-refractivity contribution in [2.45, 2.75) is 33.0 Å². The summed E-state index contributed by atoms with van der Waals surface area (Å²) in [7, 11) is 3.28. The highest BCUT2D eigenvalue weighted by molar-refractivity contribution is 5.92. The summed E-state index contributed by atoms with van der Waals surface area (Å²) in [6, 6.07) is 6.03. The molecule has 0 unspecified atom stereocenters. The van der Waals surface area contributed by atoms with Gasteiger partial charge in [0, 0.05) is 37.3 Å². The summed E-state index contributed by atoms with van der Waals surface area (Å²) in [5, 5.41) is 0. The summed E-state index contributed by atoms with van der Waals surface area (Å²) in [5.41, 5.74) is 1.38. The molecular weight excluding hydrogens is 374 g/mol. The first kappa shape index (κ1) is 21.1. The van der Waals surface area contributed by atoms with E-state index < -0.39 is 0 Å². The Kier molecular flexibility index (Phi) is 7.11. The first-order chi connectivity index (χ1) is 14.0. The van der Waals surface area contributed by atoms with Gasteiger partial charge in [0.2, 0.25) is 5.89 Å². The average molecular weight is 403 g/mol. The maximum Gasteiger partial charge on any atom is 0.275 e. The predicted octanol–water partition coefficient (Wildman–Crippen LogP) is 2.57. The lowest BCUT2D eigenvalue weighted by atomic mass is 10.1. The topological polar surface area (TPSA) is 77.3 Å².